The van der Waals surface area contributed by atoms with Gasteiger partial charge in [-0.2, -0.15) is 0 Å². The van der Waals surface area contributed by atoms with Crippen molar-refractivity contribution in [1.29, 1.82) is 0 Å². The third-order valence-corrected chi connectivity index (χ3v) is 5.01. The number of amides is 1. The lowest BCUT2D eigenvalue weighted by molar-refractivity contribution is -0.132. The molecule has 120 valence electrons. The van der Waals surface area contributed by atoms with Crippen molar-refractivity contribution < 1.29 is 9.90 Å². The maximum Gasteiger partial charge on any atom is 0.236 e. The number of hydrogen-bond acceptors (Lipinski definition) is 3. The van der Waals surface area contributed by atoms with E-state index in [-0.39, 0.29) is 5.91 Å². The van der Waals surface area contributed by atoms with Crippen molar-refractivity contribution in [2.45, 2.75) is 50.3 Å². The number of likely N-dealkylation sites (N-methyl/N-ethyl adjacent to an activating group) is 1. The quantitative estimate of drug-likeness (QED) is 0.876. The SMILES string of the molecule is CN(C(=O)CN1CCC[C@@H]1C[C@H](O)c1ccccc1)C1CC1. The largest absolute Gasteiger partial charge is 0.388 e. The van der Waals surface area contributed by atoms with E-state index in [4.69, 9.17) is 0 Å². The fraction of sp³-hybridized carbons (Fsp3) is 0.611. The van der Waals surface area contributed by atoms with Crippen LogP contribution in [0.3, 0.4) is 0 Å². The Labute approximate surface area is 132 Å². The monoisotopic (exact) mass is 302 g/mol. The molecule has 1 aromatic carbocycles. The molecule has 3 rings (SSSR count). The maximum atomic E-state index is 12.3. The zero-order valence-electron chi connectivity index (χ0n) is 13.3. The van der Waals surface area contributed by atoms with Crippen molar-refractivity contribution >= 4 is 5.91 Å². The fourth-order valence-electron chi connectivity index (χ4n) is 3.39. The average Bonchev–Trinajstić information content (AvgIpc) is 3.30. The van der Waals surface area contributed by atoms with Crippen molar-refractivity contribution in [3.05, 3.63) is 35.9 Å². The number of carbonyl (C=O) groups excluding carboxylic acids is 1. The molecule has 1 N–H and O–H groups in total. The number of rotatable bonds is 6. The molecule has 0 bridgehead atoms. The molecule has 1 saturated carbocycles. The van der Waals surface area contributed by atoms with Gasteiger partial charge in [0.1, 0.15) is 0 Å². The minimum atomic E-state index is -0.442. The number of nitrogens with zero attached hydrogens (tertiary/aromatic N) is 2. The van der Waals surface area contributed by atoms with Gasteiger partial charge in [-0.05, 0) is 44.2 Å². The lowest BCUT2D eigenvalue weighted by Crippen LogP contribution is -2.41. The Morgan fingerprint density at radius 2 is 2.05 bits per heavy atom. The molecule has 1 heterocycles. The molecule has 4 nitrogen and oxygen atoms in total. The zero-order valence-corrected chi connectivity index (χ0v) is 13.3. The molecule has 4 heteroatoms. The lowest BCUT2D eigenvalue weighted by Gasteiger charge is -2.28. The molecule has 0 radical (unpaired) electrons. The van der Waals surface area contributed by atoms with Gasteiger partial charge in [0.2, 0.25) is 5.91 Å². The van der Waals surface area contributed by atoms with Crippen molar-refractivity contribution in [1.82, 2.24) is 9.80 Å². The third-order valence-electron chi connectivity index (χ3n) is 5.01. The van der Waals surface area contributed by atoms with Crippen LogP contribution in [-0.4, -0.2) is 53.0 Å². The second-order valence-corrected chi connectivity index (χ2v) is 6.66. The molecule has 1 aliphatic heterocycles. The number of benzene rings is 1. The minimum Gasteiger partial charge on any atom is -0.388 e. The van der Waals surface area contributed by atoms with E-state index >= 15 is 0 Å². The Balaban J connectivity index is 1.55. The molecule has 2 atom stereocenters. The Morgan fingerprint density at radius 3 is 2.73 bits per heavy atom. The third kappa shape index (κ3) is 3.68. The molecule has 0 aromatic heterocycles. The Morgan fingerprint density at radius 1 is 1.32 bits per heavy atom. The van der Waals surface area contributed by atoms with Crippen LogP contribution in [0.15, 0.2) is 30.3 Å². The van der Waals surface area contributed by atoms with Crippen LogP contribution in [0, 0.1) is 0 Å². The zero-order chi connectivity index (χ0) is 15.5. The maximum absolute atomic E-state index is 12.3. The summed E-state index contributed by atoms with van der Waals surface area (Å²) in [5, 5.41) is 10.4. The number of aliphatic hydroxyl groups is 1. The second kappa shape index (κ2) is 6.80. The van der Waals surface area contributed by atoms with E-state index in [1.54, 1.807) is 0 Å². The first kappa shape index (κ1) is 15.5. The molecule has 1 amide bonds. The summed E-state index contributed by atoms with van der Waals surface area (Å²) in [6.45, 7) is 1.47. The first-order chi connectivity index (χ1) is 10.6. The standard InChI is InChI=1S/C18H26N2O2/c1-19(15-9-10-15)18(22)13-20-11-5-8-16(20)12-17(21)14-6-3-2-4-7-14/h2-4,6-7,15-17,21H,5,8-13H2,1H3/t16-,17+/m1/s1. The van der Waals surface area contributed by atoms with Gasteiger partial charge in [-0.25, -0.2) is 0 Å². The van der Waals surface area contributed by atoms with E-state index in [9.17, 15) is 9.90 Å². The summed E-state index contributed by atoms with van der Waals surface area (Å²) in [6.07, 6.45) is 4.76. The molecular weight excluding hydrogens is 276 g/mol. The molecule has 0 spiro atoms. The van der Waals surface area contributed by atoms with Gasteiger partial charge < -0.3 is 10.0 Å². The van der Waals surface area contributed by atoms with E-state index in [0.29, 0.717) is 25.0 Å². The second-order valence-electron chi connectivity index (χ2n) is 6.66. The topological polar surface area (TPSA) is 43.8 Å². The van der Waals surface area contributed by atoms with Gasteiger partial charge in [0.25, 0.3) is 0 Å². The van der Waals surface area contributed by atoms with Crippen molar-refractivity contribution in [3.63, 3.8) is 0 Å². The highest BCUT2D eigenvalue weighted by Gasteiger charge is 2.33. The van der Waals surface area contributed by atoms with Crippen LogP contribution >= 0.6 is 0 Å². The predicted molar refractivity (Wildman–Crippen MR) is 86.4 cm³/mol. The summed E-state index contributed by atoms with van der Waals surface area (Å²) in [6, 6.07) is 10.6. The van der Waals surface area contributed by atoms with Gasteiger partial charge in [-0.1, -0.05) is 30.3 Å². The fourth-order valence-corrected chi connectivity index (χ4v) is 3.39. The smallest absolute Gasteiger partial charge is 0.236 e. The highest BCUT2D eigenvalue weighted by molar-refractivity contribution is 5.78. The average molecular weight is 302 g/mol. The van der Waals surface area contributed by atoms with E-state index < -0.39 is 6.10 Å². The van der Waals surface area contributed by atoms with Gasteiger partial charge in [0.05, 0.1) is 12.6 Å². The molecule has 0 unspecified atom stereocenters. The van der Waals surface area contributed by atoms with Gasteiger partial charge >= 0.3 is 0 Å². The molecule has 1 aromatic rings. The first-order valence-electron chi connectivity index (χ1n) is 8.38. The Kier molecular flexibility index (Phi) is 4.79. The van der Waals surface area contributed by atoms with E-state index in [2.05, 4.69) is 4.90 Å². The van der Waals surface area contributed by atoms with Crippen molar-refractivity contribution in [2.24, 2.45) is 0 Å². The van der Waals surface area contributed by atoms with E-state index in [0.717, 1.165) is 37.8 Å². The van der Waals surface area contributed by atoms with Crippen LogP contribution in [0.25, 0.3) is 0 Å². The summed E-state index contributed by atoms with van der Waals surface area (Å²) in [5.74, 6) is 0.226. The summed E-state index contributed by atoms with van der Waals surface area (Å²) in [7, 11) is 1.92. The Hall–Kier alpha value is -1.39. The molecule has 1 saturated heterocycles. The summed E-state index contributed by atoms with van der Waals surface area (Å²) >= 11 is 0. The number of carbonyl (C=O) groups is 1. The number of likely N-dealkylation sites (tertiary alicyclic amines) is 1. The van der Waals surface area contributed by atoms with Crippen LogP contribution in [0.1, 0.15) is 43.8 Å². The lowest BCUT2D eigenvalue weighted by atomic mass is 10.0. The highest BCUT2D eigenvalue weighted by atomic mass is 16.3. The van der Waals surface area contributed by atoms with Gasteiger partial charge in [-0.15, -0.1) is 0 Å². The van der Waals surface area contributed by atoms with Crippen LogP contribution in [0.5, 0.6) is 0 Å². The molecule has 1 aliphatic carbocycles. The number of hydrogen-bond donors (Lipinski definition) is 1. The van der Waals surface area contributed by atoms with Crippen LogP contribution in [-0.2, 0) is 4.79 Å². The molecular formula is C18H26N2O2. The van der Waals surface area contributed by atoms with Gasteiger partial charge in [0.15, 0.2) is 0 Å². The van der Waals surface area contributed by atoms with Crippen LogP contribution < -0.4 is 0 Å². The molecule has 2 aliphatic rings. The van der Waals surface area contributed by atoms with Gasteiger partial charge in [0, 0.05) is 19.1 Å². The summed E-state index contributed by atoms with van der Waals surface area (Å²) in [4.78, 5) is 16.5. The number of aliphatic hydroxyl groups excluding tert-OH is 1. The predicted octanol–water partition coefficient (Wildman–Crippen LogP) is 2.20. The Bertz CT molecular complexity index is 501. The minimum absolute atomic E-state index is 0.226. The van der Waals surface area contributed by atoms with Crippen molar-refractivity contribution in [3.8, 4) is 0 Å². The first-order valence-corrected chi connectivity index (χ1v) is 8.38. The van der Waals surface area contributed by atoms with E-state index in [1.165, 1.54) is 0 Å². The molecule has 2 fully saturated rings. The normalized spacial score (nSPS) is 23.5. The van der Waals surface area contributed by atoms with Gasteiger partial charge in [-0.3, -0.25) is 9.69 Å². The highest BCUT2D eigenvalue weighted by Crippen LogP contribution is 2.29. The van der Waals surface area contributed by atoms with E-state index in [1.807, 2.05) is 42.3 Å². The van der Waals surface area contributed by atoms with Crippen molar-refractivity contribution in [2.75, 3.05) is 20.1 Å². The molecule has 22 heavy (non-hydrogen) atoms. The summed E-state index contributed by atoms with van der Waals surface area (Å²) < 4.78 is 0. The van der Waals surface area contributed by atoms with Crippen LogP contribution in [0.4, 0.5) is 0 Å². The van der Waals surface area contributed by atoms with Crippen LogP contribution in [0.2, 0.25) is 0 Å². The summed E-state index contributed by atoms with van der Waals surface area (Å²) in [5.41, 5.74) is 0.968.